The third kappa shape index (κ3) is 8.64. The van der Waals surface area contributed by atoms with Crippen molar-refractivity contribution in [2.45, 2.75) is 26.7 Å². The van der Waals surface area contributed by atoms with Crippen molar-refractivity contribution in [3.63, 3.8) is 0 Å². The minimum absolute atomic E-state index is 0.116. The molecule has 15 nitrogen and oxygen atoms in total. The number of benzene rings is 2. The van der Waals surface area contributed by atoms with Crippen molar-refractivity contribution < 1.29 is 0 Å². The highest BCUT2D eigenvalue weighted by molar-refractivity contribution is 7.80. The molecule has 7 N–H and O–H groups in total. The van der Waals surface area contributed by atoms with Gasteiger partial charge in [-0.1, -0.05) is 25.2 Å². The Morgan fingerprint density at radius 3 is 1.79 bits per heavy atom. The first-order chi connectivity index (χ1) is 25.5. The number of fused-ring (bicyclic) bond motifs is 2. The van der Waals surface area contributed by atoms with Gasteiger partial charge in [0.05, 0.1) is 47.7 Å². The topological polar surface area (TPSA) is 208 Å². The van der Waals surface area contributed by atoms with Crippen LogP contribution in [-0.4, -0.2) is 58.5 Å². The zero-order chi connectivity index (χ0) is 38.2. The summed E-state index contributed by atoms with van der Waals surface area (Å²) < 4.78 is 3.98. The largest absolute Gasteiger partial charge is 0.375 e. The Labute approximate surface area is 316 Å². The maximum absolute atomic E-state index is 9.04. The zero-order valence-electron chi connectivity index (χ0n) is 30.3. The van der Waals surface area contributed by atoms with Gasteiger partial charge < -0.3 is 35.8 Å². The van der Waals surface area contributed by atoms with Gasteiger partial charge in [-0.2, -0.15) is 5.26 Å². The van der Waals surface area contributed by atoms with Crippen LogP contribution in [-0.2, 0) is 26.9 Å². The van der Waals surface area contributed by atoms with Crippen molar-refractivity contribution >= 4 is 78.9 Å². The highest BCUT2D eigenvalue weighted by Crippen LogP contribution is 2.33. The lowest BCUT2D eigenvalue weighted by atomic mass is 10.1. The molecule has 0 spiro atoms. The molecule has 17 heteroatoms. The summed E-state index contributed by atoms with van der Waals surface area (Å²) in [4.78, 5) is 21.8. The number of hydrogen-bond donors (Lipinski definition) is 4. The van der Waals surface area contributed by atoms with Crippen molar-refractivity contribution in [1.29, 1.82) is 5.26 Å². The van der Waals surface area contributed by atoms with E-state index in [2.05, 4.69) is 91.2 Å². The van der Waals surface area contributed by atoms with Gasteiger partial charge in [0.2, 0.25) is 5.13 Å². The Bertz CT molecular complexity index is 2410. The Morgan fingerprint density at radius 1 is 0.830 bits per heavy atom. The lowest BCUT2D eigenvalue weighted by Gasteiger charge is -2.22. The fourth-order valence-electron chi connectivity index (χ4n) is 5.60. The maximum Gasteiger partial charge on any atom is 0.203 e. The van der Waals surface area contributed by atoms with Gasteiger partial charge in [-0.15, -0.1) is 10.2 Å². The zero-order valence-corrected chi connectivity index (χ0v) is 31.9. The monoisotopic (exact) mass is 747 g/mol. The van der Waals surface area contributed by atoms with E-state index in [0.29, 0.717) is 10.7 Å². The van der Waals surface area contributed by atoms with Crippen molar-refractivity contribution in [3.8, 4) is 16.6 Å². The van der Waals surface area contributed by atoms with Crippen LogP contribution in [0.4, 0.5) is 28.1 Å². The molecule has 7 rings (SSSR count). The third-order valence-corrected chi connectivity index (χ3v) is 9.40. The van der Waals surface area contributed by atoms with Crippen molar-refractivity contribution in [2.24, 2.45) is 25.7 Å². The molecule has 0 aliphatic carbocycles. The second kappa shape index (κ2) is 16.9. The summed E-state index contributed by atoms with van der Waals surface area (Å²) in [6.07, 6.45) is 8.95. The number of nitriles is 1. The predicted molar refractivity (Wildman–Crippen MR) is 217 cm³/mol. The van der Waals surface area contributed by atoms with Gasteiger partial charge in [0.25, 0.3) is 0 Å². The number of hydrazine groups is 1. The van der Waals surface area contributed by atoms with Gasteiger partial charge in [-0.25, -0.2) is 25.8 Å². The number of pyridine rings is 2. The van der Waals surface area contributed by atoms with Gasteiger partial charge in [-0.05, 0) is 72.6 Å². The standard InChI is InChI=1S/C18H19N7S.C17H17N5.CH5N3S/c1-4-11-7-12(17-22-23-18(19)26-17)5-6-14(11)25(3)16-8-15-13(9-20-16)21-10-24(15)2;1-4-13-7-12(9-18)5-6-15(13)22(3)17-8-16-14(10-19-17)20-11-21(16)2;2-1(5)4-3/h5-10H,4H2,1-3H3,(H2,19,23);5-8,10-11H,4H2,1-3H3;3H2,(H3,2,4,5). The maximum atomic E-state index is 9.04. The van der Waals surface area contributed by atoms with Gasteiger partial charge in [0.1, 0.15) is 27.7 Å². The number of hydrogen-bond acceptors (Lipinski definition) is 13. The van der Waals surface area contributed by atoms with E-state index in [-0.39, 0.29) is 5.11 Å². The van der Waals surface area contributed by atoms with Gasteiger partial charge >= 0.3 is 0 Å². The van der Waals surface area contributed by atoms with Crippen LogP contribution >= 0.6 is 23.6 Å². The van der Waals surface area contributed by atoms with E-state index >= 15 is 0 Å². The SMILES string of the molecule is CCc1cc(-c2nnc(N)s2)ccc1N(C)c1cc2c(cn1)ncn2C.CCc1cc(C#N)ccc1N(C)c1cc2c(cn1)ncn2C.NNC(N)=S. The fourth-order valence-corrected chi connectivity index (χ4v) is 6.21. The number of nitrogens with one attached hydrogen (secondary N) is 1. The molecule has 5 aromatic heterocycles. The van der Waals surface area contributed by atoms with Crippen molar-refractivity contribution in [2.75, 3.05) is 29.6 Å². The average molecular weight is 748 g/mol. The van der Waals surface area contributed by atoms with E-state index < -0.39 is 0 Å². The number of aryl methyl sites for hydroxylation is 4. The Kier molecular flexibility index (Phi) is 12.1. The molecule has 272 valence electrons. The van der Waals surface area contributed by atoms with Crippen molar-refractivity contribution in [3.05, 3.63) is 90.3 Å². The average Bonchev–Trinajstić information content (AvgIpc) is 3.91. The molecule has 0 aliphatic heterocycles. The number of aromatic nitrogens is 8. The first kappa shape index (κ1) is 38.0. The molecule has 0 radical (unpaired) electrons. The van der Waals surface area contributed by atoms with E-state index in [0.717, 1.165) is 74.1 Å². The Hall–Kier alpha value is -6.22. The number of imidazole rings is 2. The predicted octanol–water partition coefficient (Wildman–Crippen LogP) is 5.26. The van der Waals surface area contributed by atoms with E-state index in [4.69, 9.17) is 16.7 Å². The van der Waals surface area contributed by atoms with Crippen LogP contribution in [0.1, 0.15) is 30.5 Å². The Morgan fingerprint density at radius 2 is 1.34 bits per heavy atom. The lowest BCUT2D eigenvalue weighted by molar-refractivity contribution is 0.946. The molecule has 0 amide bonds. The number of nitrogens with zero attached hydrogens (tertiary/aromatic N) is 11. The Balaban J connectivity index is 0.000000184. The van der Waals surface area contributed by atoms with Gasteiger partial charge in [0, 0.05) is 57.3 Å². The van der Waals surface area contributed by atoms with Gasteiger partial charge in [0.15, 0.2) is 5.11 Å². The molecule has 0 saturated heterocycles. The first-order valence-corrected chi connectivity index (χ1v) is 17.7. The van der Waals surface area contributed by atoms with Crippen LogP contribution in [0.2, 0.25) is 0 Å². The first-order valence-electron chi connectivity index (χ1n) is 16.5. The third-order valence-electron chi connectivity index (χ3n) is 8.48. The molecule has 53 heavy (non-hydrogen) atoms. The second-order valence-corrected chi connectivity index (χ2v) is 13.3. The van der Waals surface area contributed by atoms with E-state index in [9.17, 15) is 0 Å². The number of thiocarbonyl (C=S) groups is 1. The summed E-state index contributed by atoms with van der Waals surface area (Å²) in [6, 6.07) is 18.3. The number of anilines is 5. The highest BCUT2D eigenvalue weighted by Gasteiger charge is 2.15. The molecule has 7 aromatic rings. The minimum atomic E-state index is 0.116. The van der Waals surface area contributed by atoms with Gasteiger partial charge in [-0.3, -0.25) is 0 Å². The normalized spacial score (nSPS) is 10.5. The van der Waals surface area contributed by atoms with Crippen LogP contribution in [0.15, 0.2) is 73.6 Å². The van der Waals surface area contributed by atoms with E-state index in [1.54, 1.807) is 18.9 Å². The summed E-state index contributed by atoms with van der Waals surface area (Å²) in [5.41, 5.74) is 22.7. The quantitative estimate of drug-likeness (QED) is 0.0932. The van der Waals surface area contributed by atoms with Crippen LogP contribution in [0.3, 0.4) is 0 Å². The molecular formula is C36H41N15S2. The number of rotatable bonds is 7. The van der Waals surface area contributed by atoms with E-state index in [1.165, 1.54) is 16.9 Å². The number of nitrogen functional groups attached to an aromatic ring is 1. The molecule has 2 aromatic carbocycles. The molecule has 0 saturated carbocycles. The highest BCUT2D eigenvalue weighted by atomic mass is 32.1. The smallest absolute Gasteiger partial charge is 0.203 e. The molecular weight excluding hydrogens is 707 g/mol. The number of nitrogens with two attached hydrogens (primary N) is 3. The summed E-state index contributed by atoms with van der Waals surface area (Å²) in [5, 5.41) is 18.5. The minimum Gasteiger partial charge on any atom is -0.375 e. The molecule has 0 fully saturated rings. The summed E-state index contributed by atoms with van der Waals surface area (Å²) in [6.45, 7) is 4.23. The van der Waals surface area contributed by atoms with Crippen molar-refractivity contribution in [1.82, 2.24) is 44.7 Å². The fraction of sp³-hybridized carbons (Fsp3) is 0.222. The van der Waals surface area contributed by atoms with Crippen LogP contribution in [0.25, 0.3) is 32.6 Å². The summed E-state index contributed by atoms with van der Waals surface area (Å²) in [7, 11) is 7.98. The molecule has 0 aliphatic rings. The summed E-state index contributed by atoms with van der Waals surface area (Å²) in [5.74, 6) is 6.39. The second-order valence-electron chi connectivity index (χ2n) is 11.9. The molecule has 5 heterocycles. The molecule has 0 atom stereocenters. The van der Waals surface area contributed by atoms with Crippen LogP contribution in [0, 0.1) is 11.3 Å². The van der Waals surface area contributed by atoms with E-state index in [1.807, 2.05) is 84.2 Å². The van der Waals surface area contributed by atoms with Crippen LogP contribution in [0.5, 0.6) is 0 Å². The lowest BCUT2D eigenvalue weighted by Crippen LogP contribution is -2.34. The summed E-state index contributed by atoms with van der Waals surface area (Å²) >= 11 is 5.63. The van der Waals surface area contributed by atoms with Crippen LogP contribution < -0.4 is 32.5 Å². The molecule has 0 unspecified atom stereocenters. The molecule has 0 bridgehead atoms.